The van der Waals surface area contributed by atoms with Crippen molar-refractivity contribution in [1.82, 2.24) is 0 Å². The first-order valence-corrected chi connectivity index (χ1v) is 23.0. The Hall–Kier alpha value is -8.28. The van der Waals surface area contributed by atoms with Crippen LogP contribution in [0.2, 0.25) is 0 Å². The van der Waals surface area contributed by atoms with Crippen LogP contribution in [0.3, 0.4) is 0 Å². The Balaban J connectivity index is 1.39. The maximum Gasteiger partial charge on any atom is 0.416 e. The Morgan fingerprint density at radius 1 is 0.154 bits per heavy atom. The highest BCUT2D eigenvalue weighted by atomic mass is 19.4. The Kier molecular flexibility index (Phi) is 12.8. The second-order valence-electron chi connectivity index (χ2n) is 18.3. The summed E-state index contributed by atoms with van der Waals surface area (Å²) < 4.78 is 251. The van der Waals surface area contributed by atoms with E-state index in [0.717, 1.165) is 146 Å². The van der Waals surface area contributed by atoms with Crippen molar-refractivity contribution in [3.8, 4) is 66.8 Å². The first-order valence-electron chi connectivity index (χ1n) is 23.0. The minimum absolute atomic E-state index is 0.125. The van der Waals surface area contributed by atoms with Crippen LogP contribution >= 0.6 is 0 Å². The van der Waals surface area contributed by atoms with Crippen molar-refractivity contribution in [3.05, 3.63) is 215 Å². The summed E-state index contributed by atoms with van der Waals surface area (Å²) in [6, 6.07) is 32.2. The molecule has 0 aliphatic heterocycles. The molecule has 0 unspecified atom stereocenters. The first-order chi connectivity index (χ1) is 36.4. The lowest BCUT2D eigenvalue weighted by molar-refractivity contribution is -0.138. The molecule has 0 fully saturated rings. The SMILES string of the molecule is FC(F)(F)c1ccc(-c2cc3c4cc(-c5ccc(C(F)(F)F)cc5)c(-c5ccc(C(F)(F)F)cc5)cc4c4cc(-c5ccc(C(F)(F)F)cc5)c(-c5ccc(C(F)(F)F)cc5)cc4c3cc2-c2ccc(C(F)(F)F)cc2)cc1. The zero-order valence-electron chi connectivity index (χ0n) is 39.1. The second-order valence-corrected chi connectivity index (χ2v) is 18.3. The van der Waals surface area contributed by atoms with E-state index in [2.05, 4.69) is 0 Å². The third-order valence-electron chi connectivity index (χ3n) is 13.5. The monoisotopic (exact) mass is 1090 g/mol. The molecule has 0 atom stereocenters. The van der Waals surface area contributed by atoms with Gasteiger partial charge in [-0.05, 0) is 208 Å². The third-order valence-corrected chi connectivity index (χ3v) is 13.5. The summed E-state index contributed by atoms with van der Waals surface area (Å²) in [7, 11) is 0. The Morgan fingerprint density at radius 3 is 0.346 bits per heavy atom. The normalized spacial score (nSPS) is 13.0. The Labute approximate surface area is 429 Å². The fourth-order valence-electron chi connectivity index (χ4n) is 9.60. The molecule has 0 saturated heterocycles. The molecule has 0 aliphatic rings. The molecule has 0 amide bonds. The van der Waals surface area contributed by atoms with Crippen molar-refractivity contribution in [2.75, 3.05) is 0 Å². The molecule has 18 heteroatoms. The molecule has 0 radical (unpaired) electrons. The van der Waals surface area contributed by atoms with Crippen molar-refractivity contribution in [1.29, 1.82) is 0 Å². The van der Waals surface area contributed by atoms with Crippen LogP contribution in [0, 0.1) is 0 Å². The Bertz CT molecular complexity index is 3200. The van der Waals surface area contributed by atoms with Gasteiger partial charge in [-0.25, -0.2) is 0 Å². The Morgan fingerprint density at radius 2 is 0.256 bits per heavy atom. The number of benzene rings is 10. The largest absolute Gasteiger partial charge is 0.416 e. The second kappa shape index (κ2) is 18.7. The van der Waals surface area contributed by atoms with E-state index < -0.39 is 70.4 Å². The molecular formula is C60H30F18. The maximum absolute atomic E-state index is 14.0. The van der Waals surface area contributed by atoms with Gasteiger partial charge in [-0.15, -0.1) is 0 Å². The zero-order chi connectivity index (χ0) is 56.1. The van der Waals surface area contributed by atoms with E-state index in [9.17, 15) is 79.0 Å². The highest BCUT2D eigenvalue weighted by Crippen LogP contribution is 2.50. The van der Waals surface area contributed by atoms with E-state index in [1.165, 1.54) is 36.4 Å². The van der Waals surface area contributed by atoms with Crippen molar-refractivity contribution < 1.29 is 79.0 Å². The average Bonchev–Trinajstić information content (AvgIpc) is 3.45. The third kappa shape index (κ3) is 10.2. The quantitative estimate of drug-likeness (QED) is 0.115. The standard InChI is InChI=1S/C60H30F18/c61-55(62,63)37-13-1-31(2-14-37)43-25-49-50(26-44(43)32-3-15-38(16-4-32)56(64,65)66)52-28-46(34-7-19-40(20-8-34)58(70,71)72)48(36-11-23-42(24-12-36)60(76,77)78)30-54(52)53-29-47(35-9-21-41(22-10-35)59(73,74)75)45(27-51(49)53)33-5-17-39(18-6-33)57(67,68)69/h1-30H. The number of rotatable bonds is 6. The van der Waals surface area contributed by atoms with Crippen molar-refractivity contribution in [2.45, 2.75) is 37.1 Å². The predicted molar refractivity (Wildman–Crippen MR) is 262 cm³/mol. The van der Waals surface area contributed by atoms with Gasteiger partial charge in [0.1, 0.15) is 0 Å². The van der Waals surface area contributed by atoms with Gasteiger partial charge >= 0.3 is 37.1 Å². The lowest BCUT2D eigenvalue weighted by Gasteiger charge is -2.21. The molecule has 78 heavy (non-hydrogen) atoms. The van der Waals surface area contributed by atoms with E-state index >= 15 is 0 Å². The van der Waals surface area contributed by atoms with Crippen LogP contribution in [-0.2, 0) is 37.1 Å². The van der Waals surface area contributed by atoms with Crippen LogP contribution in [0.5, 0.6) is 0 Å². The van der Waals surface area contributed by atoms with E-state index in [4.69, 9.17) is 0 Å². The fourth-order valence-corrected chi connectivity index (χ4v) is 9.60. The molecule has 10 aromatic carbocycles. The molecule has 10 rings (SSSR count). The molecule has 10 aromatic rings. The number of hydrogen-bond donors (Lipinski definition) is 0. The van der Waals surface area contributed by atoms with Crippen LogP contribution in [-0.4, -0.2) is 0 Å². The minimum atomic E-state index is -4.79. The fraction of sp³-hybridized carbons (Fsp3) is 0.100. The lowest BCUT2D eigenvalue weighted by Crippen LogP contribution is -2.04. The molecule has 0 heterocycles. The minimum Gasteiger partial charge on any atom is -0.166 e. The zero-order valence-corrected chi connectivity index (χ0v) is 39.1. The van der Waals surface area contributed by atoms with Gasteiger partial charge in [0.15, 0.2) is 0 Å². The molecule has 0 bridgehead atoms. The van der Waals surface area contributed by atoms with Crippen molar-refractivity contribution >= 4 is 32.3 Å². The van der Waals surface area contributed by atoms with E-state index in [1.807, 2.05) is 0 Å². The predicted octanol–water partition coefficient (Wildman–Crippen LogP) is 21.3. The summed E-state index contributed by atoms with van der Waals surface area (Å²) in [5.41, 5.74) is -4.58. The average molecular weight is 1090 g/mol. The molecule has 0 aliphatic carbocycles. The van der Waals surface area contributed by atoms with Crippen molar-refractivity contribution in [2.24, 2.45) is 0 Å². The summed E-state index contributed by atoms with van der Waals surface area (Å²) in [5, 5.41) is 1.48. The molecule has 0 nitrogen and oxygen atoms in total. The van der Waals surface area contributed by atoms with Gasteiger partial charge in [0.05, 0.1) is 33.4 Å². The van der Waals surface area contributed by atoms with Gasteiger partial charge in [-0.2, -0.15) is 79.0 Å². The van der Waals surface area contributed by atoms with E-state index in [0.29, 0.717) is 0 Å². The highest BCUT2D eigenvalue weighted by Gasteiger charge is 2.35. The summed E-state index contributed by atoms with van der Waals surface area (Å²) in [6.07, 6.45) is -28.8. The molecule has 0 aromatic heterocycles. The lowest BCUT2D eigenvalue weighted by atomic mass is 9.82. The number of fused-ring (bicyclic) bond motifs is 6. The molecule has 0 spiro atoms. The van der Waals surface area contributed by atoms with Crippen LogP contribution in [0.25, 0.3) is 99.1 Å². The summed E-state index contributed by atoms with van der Waals surface area (Å²) >= 11 is 0. The van der Waals surface area contributed by atoms with Gasteiger partial charge in [0, 0.05) is 0 Å². The van der Waals surface area contributed by atoms with E-state index in [1.54, 1.807) is 0 Å². The number of alkyl halides is 18. The van der Waals surface area contributed by atoms with Gasteiger partial charge in [0.25, 0.3) is 0 Å². The maximum atomic E-state index is 14.0. The van der Waals surface area contributed by atoms with Crippen LogP contribution in [0.4, 0.5) is 79.0 Å². The highest BCUT2D eigenvalue weighted by molar-refractivity contribution is 6.29. The molecule has 0 saturated carbocycles. The first kappa shape index (κ1) is 53.1. The van der Waals surface area contributed by atoms with E-state index in [-0.39, 0.29) is 99.1 Å². The van der Waals surface area contributed by atoms with Gasteiger partial charge in [-0.1, -0.05) is 72.8 Å². The molecule has 396 valence electrons. The van der Waals surface area contributed by atoms with Crippen molar-refractivity contribution in [3.63, 3.8) is 0 Å². The molecule has 0 N–H and O–H groups in total. The summed E-state index contributed by atoms with van der Waals surface area (Å²) in [5.74, 6) is 0. The number of halogens is 18. The van der Waals surface area contributed by atoms with Crippen LogP contribution in [0.15, 0.2) is 182 Å². The van der Waals surface area contributed by atoms with Gasteiger partial charge in [0.2, 0.25) is 0 Å². The smallest absolute Gasteiger partial charge is 0.166 e. The van der Waals surface area contributed by atoms with Gasteiger partial charge in [-0.3, -0.25) is 0 Å². The van der Waals surface area contributed by atoms with Crippen LogP contribution < -0.4 is 0 Å². The summed E-state index contributed by atoms with van der Waals surface area (Å²) in [4.78, 5) is 0. The van der Waals surface area contributed by atoms with Crippen LogP contribution in [0.1, 0.15) is 33.4 Å². The summed E-state index contributed by atoms with van der Waals surface area (Å²) in [6.45, 7) is 0. The topological polar surface area (TPSA) is 0 Å². The molecular weight excluding hydrogens is 1060 g/mol. The number of hydrogen-bond acceptors (Lipinski definition) is 0. The van der Waals surface area contributed by atoms with Gasteiger partial charge < -0.3 is 0 Å².